The van der Waals surface area contributed by atoms with Gasteiger partial charge in [0.1, 0.15) is 17.1 Å². The van der Waals surface area contributed by atoms with Crippen molar-refractivity contribution in [2.45, 2.75) is 20.0 Å². The van der Waals surface area contributed by atoms with Crippen LogP contribution in [0.15, 0.2) is 18.2 Å². The number of primary amides is 1. The highest BCUT2D eigenvalue weighted by molar-refractivity contribution is 5.98. The maximum atomic E-state index is 11.0. The average Bonchev–Trinajstić information content (AvgIpc) is 2.01. The molecule has 0 aliphatic rings. The Kier molecular flexibility index (Phi) is 2.96. The fourth-order valence-electron chi connectivity index (χ4n) is 1.12. The molecule has 4 nitrogen and oxygen atoms in total. The standard InChI is InChI=1S/C10H13NO3/c1-6(2)14-8-5-3-4-7(12)9(8)10(11)13/h3-6,12H,1-2H3,(H2,11,13). The van der Waals surface area contributed by atoms with Crippen molar-refractivity contribution in [3.05, 3.63) is 23.8 Å². The highest BCUT2D eigenvalue weighted by atomic mass is 16.5. The molecule has 0 aliphatic heterocycles. The van der Waals surface area contributed by atoms with Crippen LogP contribution >= 0.6 is 0 Å². The molecule has 0 aliphatic carbocycles. The van der Waals surface area contributed by atoms with Crippen LogP contribution in [0.5, 0.6) is 11.5 Å². The zero-order chi connectivity index (χ0) is 10.7. The van der Waals surface area contributed by atoms with Gasteiger partial charge < -0.3 is 15.6 Å². The third-order valence-electron chi connectivity index (χ3n) is 1.61. The SMILES string of the molecule is CC(C)Oc1cccc(O)c1C(N)=O. The third kappa shape index (κ3) is 2.16. The van der Waals surface area contributed by atoms with Crippen LogP contribution in [-0.4, -0.2) is 17.1 Å². The van der Waals surface area contributed by atoms with Crippen LogP contribution in [0.2, 0.25) is 0 Å². The second-order valence-corrected chi connectivity index (χ2v) is 3.18. The van der Waals surface area contributed by atoms with Gasteiger partial charge in [-0.1, -0.05) is 6.07 Å². The molecule has 0 spiro atoms. The van der Waals surface area contributed by atoms with E-state index in [1.807, 2.05) is 13.8 Å². The van der Waals surface area contributed by atoms with Crippen LogP contribution in [-0.2, 0) is 0 Å². The number of ether oxygens (including phenoxy) is 1. The quantitative estimate of drug-likeness (QED) is 0.763. The molecule has 1 rings (SSSR count). The molecule has 1 amide bonds. The highest BCUT2D eigenvalue weighted by Crippen LogP contribution is 2.27. The minimum absolute atomic E-state index is 0.0289. The Balaban J connectivity index is 3.14. The number of hydrogen-bond donors (Lipinski definition) is 2. The first-order valence-electron chi connectivity index (χ1n) is 4.30. The van der Waals surface area contributed by atoms with E-state index in [4.69, 9.17) is 10.5 Å². The predicted octanol–water partition coefficient (Wildman–Crippen LogP) is 1.28. The van der Waals surface area contributed by atoms with Crippen molar-refractivity contribution >= 4 is 5.91 Å². The zero-order valence-corrected chi connectivity index (χ0v) is 8.15. The molecule has 0 aromatic heterocycles. The molecule has 0 heterocycles. The second kappa shape index (κ2) is 4.00. The van der Waals surface area contributed by atoms with Gasteiger partial charge in [0.2, 0.25) is 0 Å². The van der Waals surface area contributed by atoms with E-state index in [9.17, 15) is 9.90 Å². The number of hydrogen-bond acceptors (Lipinski definition) is 3. The molecule has 76 valence electrons. The van der Waals surface area contributed by atoms with E-state index >= 15 is 0 Å². The monoisotopic (exact) mass is 195 g/mol. The van der Waals surface area contributed by atoms with Gasteiger partial charge in [-0.05, 0) is 26.0 Å². The van der Waals surface area contributed by atoms with E-state index in [0.29, 0.717) is 5.75 Å². The van der Waals surface area contributed by atoms with Gasteiger partial charge in [0.25, 0.3) is 5.91 Å². The Bertz CT molecular complexity index is 347. The van der Waals surface area contributed by atoms with Crippen LogP contribution in [0.25, 0.3) is 0 Å². The van der Waals surface area contributed by atoms with Crippen molar-refractivity contribution in [1.29, 1.82) is 0 Å². The van der Waals surface area contributed by atoms with Crippen molar-refractivity contribution in [3.63, 3.8) is 0 Å². The first-order valence-corrected chi connectivity index (χ1v) is 4.30. The van der Waals surface area contributed by atoms with Gasteiger partial charge in [0.05, 0.1) is 6.10 Å². The Morgan fingerprint density at radius 3 is 2.64 bits per heavy atom. The summed E-state index contributed by atoms with van der Waals surface area (Å²) in [6.45, 7) is 3.66. The maximum Gasteiger partial charge on any atom is 0.256 e. The lowest BCUT2D eigenvalue weighted by Crippen LogP contribution is -2.15. The van der Waals surface area contributed by atoms with E-state index in [0.717, 1.165) is 0 Å². The Hall–Kier alpha value is -1.71. The molecule has 0 fully saturated rings. The van der Waals surface area contributed by atoms with Gasteiger partial charge >= 0.3 is 0 Å². The fraction of sp³-hybridized carbons (Fsp3) is 0.300. The van der Waals surface area contributed by atoms with Crippen molar-refractivity contribution in [3.8, 4) is 11.5 Å². The zero-order valence-electron chi connectivity index (χ0n) is 8.15. The molecule has 0 unspecified atom stereocenters. The van der Waals surface area contributed by atoms with Crippen molar-refractivity contribution < 1.29 is 14.6 Å². The first-order chi connectivity index (χ1) is 6.52. The molecular formula is C10H13NO3. The molecule has 1 aromatic carbocycles. The van der Waals surface area contributed by atoms with E-state index in [1.165, 1.54) is 6.07 Å². The Morgan fingerprint density at radius 2 is 2.14 bits per heavy atom. The molecule has 4 heteroatoms. The Morgan fingerprint density at radius 1 is 1.50 bits per heavy atom. The summed E-state index contributed by atoms with van der Waals surface area (Å²) >= 11 is 0. The molecule has 14 heavy (non-hydrogen) atoms. The van der Waals surface area contributed by atoms with Crippen molar-refractivity contribution in [2.75, 3.05) is 0 Å². The summed E-state index contributed by atoms with van der Waals surface area (Å²) < 4.78 is 5.33. The third-order valence-corrected chi connectivity index (χ3v) is 1.61. The van der Waals surface area contributed by atoms with Gasteiger partial charge in [-0.3, -0.25) is 4.79 Å². The summed E-state index contributed by atoms with van der Waals surface area (Å²) in [7, 11) is 0. The summed E-state index contributed by atoms with van der Waals surface area (Å²) in [4.78, 5) is 11.0. The minimum atomic E-state index is -0.696. The maximum absolute atomic E-state index is 11.0. The highest BCUT2D eigenvalue weighted by Gasteiger charge is 2.14. The van der Waals surface area contributed by atoms with E-state index in [-0.39, 0.29) is 17.4 Å². The summed E-state index contributed by atoms with van der Waals surface area (Å²) in [5.41, 5.74) is 5.14. The number of aromatic hydroxyl groups is 1. The smallest absolute Gasteiger partial charge is 0.256 e. The van der Waals surface area contributed by atoms with Crippen LogP contribution in [0.1, 0.15) is 24.2 Å². The van der Waals surface area contributed by atoms with Gasteiger partial charge in [-0.15, -0.1) is 0 Å². The fourth-order valence-corrected chi connectivity index (χ4v) is 1.12. The van der Waals surface area contributed by atoms with Crippen LogP contribution in [0.3, 0.4) is 0 Å². The molecule has 3 N–H and O–H groups in total. The predicted molar refractivity (Wildman–Crippen MR) is 52.4 cm³/mol. The van der Waals surface area contributed by atoms with E-state index in [1.54, 1.807) is 12.1 Å². The number of amides is 1. The number of benzene rings is 1. The first kappa shape index (κ1) is 10.4. The van der Waals surface area contributed by atoms with E-state index < -0.39 is 5.91 Å². The minimum Gasteiger partial charge on any atom is -0.507 e. The summed E-state index contributed by atoms with van der Waals surface area (Å²) in [6, 6.07) is 4.59. The van der Waals surface area contributed by atoms with Crippen LogP contribution < -0.4 is 10.5 Å². The lowest BCUT2D eigenvalue weighted by molar-refractivity contribution is 0.0991. The van der Waals surface area contributed by atoms with Gasteiger partial charge in [-0.2, -0.15) is 0 Å². The second-order valence-electron chi connectivity index (χ2n) is 3.18. The van der Waals surface area contributed by atoms with E-state index in [2.05, 4.69) is 0 Å². The molecule has 0 saturated carbocycles. The molecule has 1 aromatic rings. The Labute approximate surface area is 82.3 Å². The summed E-state index contributed by atoms with van der Waals surface area (Å²) in [5, 5.41) is 9.39. The van der Waals surface area contributed by atoms with Crippen LogP contribution in [0.4, 0.5) is 0 Å². The number of carbonyl (C=O) groups is 1. The van der Waals surface area contributed by atoms with Gasteiger partial charge in [0.15, 0.2) is 0 Å². The summed E-state index contributed by atoms with van der Waals surface area (Å²) in [6.07, 6.45) is -0.0742. The largest absolute Gasteiger partial charge is 0.507 e. The number of phenols is 1. The van der Waals surface area contributed by atoms with Crippen molar-refractivity contribution in [2.24, 2.45) is 5.73 Å². The molecule has 0 atom stereocenters. The molecule has 0 bridgehead atoms. The lowest BCUT2D eigenvalue weighted by atomic mass is 10.1. The van der Waals surface area contributed by atoms with Gasteiger partial charge in [-0.25, -0.2) is 0 Å². The molecule has 0 saturated heterocycles. The topological polar surface area (TPSA) is 72.6 Å². The molecular weight excluding hydrogens is 182 g/mol. The number of nitrogens with two attached hydrogens (primary N) is 1. The summed E-state index contributed by atoms with van der Waals surface area (Å²) in [5.74, 6) is -0.540. The van der Waals surface area contributed by atoms with Crippen molar-refractivity contribution in [1.82, 2.24) is 0 Å². The van der Waals surface area contributed by atoms with Crippen LogP contribution in [0, 0.1) is 0 Å². The molecule has 0 radical (unpaired) electrons. The number of rotatable bonds is 3. The normalized spacial score (nSPS) is 10.2. The van der Waals surface area contributed by atoms with Gasteiger partial charge in [0, 0.05) is 0 Å². The average molecular weight is 195 g/mol. The lowest BCUT2D eigenvalue weighted by Gasteiger charge is -2.13. The number of carbonyl (C=O) groups excluding carboxylic acids is 1.